The number of hydrogen-bond donors (Lipinski definition) is 1. The van der Waals surface area contributed by atoms with Crippen molar-refractivity contribution in [1.29, 1.82) is 0 Å². The van der Waals surface area contributed by atoms with Gasteiger partial charge < -0.3 is 10.3 Å². The van der Waals surface area contributed by atoms with Crippen LogP contribution in [0.2, 0.25) is 0 Å². The van der Waals surface area contributed by atoms with Crippen molar-refractivity contribution in [3.8, 4) is 11.3 Å². The van der Waals surface area contributed by atoms with Crippen LogP contribution in [0.4, 0.5) is 17.6 Å². The van der Waals surface area contributed by atoms with E-state index in [4.69, 9.17) is 10.3 Å². The van der Waals surface area contributed by atoms with E-state index in [1.165, 1.54) is 37.6 Å². The predicted molar refractivity (Wildman–Crippen MR) is 96.3 cm³/mol. The number of benzene rings is 1. The van der Waals surface area contributed by atoms with Gasteiger partial charge in [0.15, 0.2) is 5.96 Å². The zero-order valence-electron chi connectivity index (χ0n) is 15.3. The number of likely N-dealkylation sites (N-methyl/N-ethyl adjacent to an activating group) is 1. The lowest BCUT2D eigenvalue weighted by Gasteiger charge is -2.26. The first-order valence-electron chi connectivity index (χ1n) is 8.53. The van der Waals surface area contributed by atoms with Gasteiger partial charge >= 0.3 is 6.18 Å². The number of rotatable bonds is 3. The lowest BCUT2D eigenvalue weighted by molar-refractivity contribution is -0.141. The Balaban J connectivity index is 2.01. The summed E-state index contributed by atoms with van der Waals surface area (Å²) in [5, 5.41) is 3.76. The van der Waals surface area contributed by atoms with Gasteiger partial charge in [-0.15, -0.1) is 0 Å². The zero-order valence-corrected chi connectivity index (χ0v) is 15.3. The Morgan fingerprint density at radius 2 is 1.93 bits per heavy atom. The molecule has 1 unspecified atom stereocenters. The average Bonchev–Trinajstić information content (AvgIpc) is 3.32. The molecule has 154 valence electrons. The van der Waals surface area contributed by atoms with E-state index >= 15 is 0 Å². The summed E-state index contributed by atoms with van der Waals surface area (Å²) in [5.41, 5.74) is 2.27. The van der Waals surface area contributed by atoms with Crippen LogP contribution in [0, 0.1) is 5.82 Å². The molecule has 0 fully saturated rings. The number of carbonyl (C=O) groups excluding carboxylic acids is 1. The summed E-state index contributed by atoms with van der Waals surface area (Å²) in [6.07, 6.45) is -3.48. The molecular formula is C19H13F4N5O2. The minimum Gasteiger partial charge on any atom is -0.369 e. The molecule has 1 aromatic carbocycles. The van der Waals surface area contributed by atoms with Crippen LogP contribution in [-0.2, 0) is 16.5 Å². The van der Waals surface area contributed by atoms with Gasteiger partial charge in [-0.2, -0.15) is 13.2 Å². The SMILES string of the molecule is CN1C(=O)C(c2cccc(C(F)(F)F)n2)(c2cc(-c3ccon3)ccc2F)N=C1N. The summed E-state index contributed by atoms with van der Waals surface area (Å²) in [4.78, 5) is 21.8. The second kappa shape index (κ2) is 6.65. The Kier molecular flexibility index (Phi) is 4.33. The van der Waals surface area contributed by atoms with Crippen LogP contribution in [-0.4, -0.2) is 34.0 Å². The molecule has 1 atom stereocenters. The smallest absolute Gasteiger partial charge is 0.369 e. The van der Waals surface area contributed by atoms with E-state index in [-0.39, 0.29) is 11.5 Å². The monoisotopic (exact) mass is 419 g/mol. The molecule has 3 aromatic rings. The number of alkyl halides is 3. The largest absolute Gasteiger partial charge is 0.433 e. The van der Waals surface area contributed by atoms with E-state index in [9.17, 15) is 22.4 Å². The predicted octanol–water partition coefficient (Wildman–Crippen LogP) is 2.92. The Bertz CT molecular complexity index is 1160. The number of nitrogens with two attached hydrogens (primary N) is 1. The minimum atomic E-state index is -4.78. The van der Waals surface area contributed by atoms with Gasteiger partial charge in [0.2, 0.25) is 5.54 Å². The first kappa shape index (κ1) is 19.6. The highest BCUT2D eigenvalue weighted by molar-refractivity contribution is 6.08. The van der Waals surface area contributed by atoms with Gasteiger partial charge in [-0.3, -0.25) is 9.69 Å². The van der Waals surface area contributed by atoms with Crippen LogP contribution >= 0.6 is 0 Å². The number of guanidine groups is 1. The maximum atomic E-state index is 15.0. The van der Waals surface area contributed by atoms with Crippen molar-refractivity contribution in [2.24, 2.45) is 10.7 Å². The third-order valence-corrected chi connectivity index (χ3v) is 4.74. The average molecular weight is 419 g/mol. The standard InChI is InChI=1S/C19H13F4N5O2/c1-28-16(29)18(26-17(28)24,14-3-2-4-15(25-14)19(21,22)23)11-9-10(5-6-12(11)20)13-7-8-30-27-13/h2-9H,1H3,(H2,24,26). The van der Waals surface area contributed by atoms with Crippen molar-refractivity contribution in [3.63, 3.8) is 0 Å². The van der Waals surface area contributed by atoms with Crippen LogP contribution in [0.25, 0.3) is 11.3 Å². The molecule has 30 heavy (non-hydrogen) atoms. The van der Waals surface area contributed by atoms with Gasteiger partial charge in [0.25, 0.3) is 5.91 Å². The fourth-order valence-corrected chi connectivity index (χ4v) is 3.24. The lowest BCUT2D eigenvalue weighted by Crippen LogP contribution is -2.42. The number of carbonyl (C=O) groups is 1. The van der Waals surface area contributed by atoms with Crippen LogP contribution in [0.1, 0.15) is 17.0 Å². The Morgan fingerprint density at radius 3 is 2.53 bits per heavy atom. The number of nitrogens with zero attached hydrogens (tertiary/aromatic N) is 4. The number of aliphatic imine (C=N–C) groups is 1. The highest BCUT2D eigenvalue weighted by atomic mass is 19.4. The van der Waals surface area contributed by atoms with Gasteiger partial charge in [-0.1, -0.05) is 11.2 Å². The van der Waals surface area contributed by atoms with E-state index in [0.29, 0.717) is 11.3 Å². The number of hydrogen-bond acceptors (Lipinski definition) is 6. The molecule has 3 heterocycles. The minimum absolute atomic E-state index is 0.287. The summed E-state index contributed by atoms with van der Waals surface area (Å²) >= 11 is 0. The van der Waals surface area contributed by atoms with Crippen LogP contribution in [0.3, 0.4) is 0 Å². The summed E-state index contributed by atoms with van der Waals surface area (Å²) in [6, 6.07) is 8.21. The third-order valence-electron chi connectivity index (χ3n) is 4.74. The first-order valence-corrected chi connectivity index (χ1v) is 8.53. The number of aromatic nitrogens is 2. The van der Waals surface area contributed by atoms with Gasteiger partial charge in [0.1, 0.15) is 23.5 Å². The van der Waals surface area contributed by atoms with Crippen molar-refractivity contribution < 1.29 is 26.9 Å². The van der Waals surface area contributed by atoms with E-state index in [1.54, 1.807) is 0 Å². The molecule has 1 aliphatic rings. The maximum absolute atomic E-state index is 15.0. The summed E-state index contributed by atoms with van der Waals surface area (Å²) in [6.45, 7) is 0. The Hall–Kier alpha value is -3.76. The van der Waals surface area contributed by atoms with Gasteiger partial charge in [0, 0.05) is 24.2 Å². The molecule has 7 nitrogen and oxygen atoms in total. The number of amides is 1. The second-order valence-electron chi connectivity index (χ2n) is 6.53. The summed E-state index contributed by atoms with van der Waals surface area (Å²) < 4.78 is 59.5. The number of pyridine rings is 1. The fourth-order valence-electron chi connectivity index (χ4n) is 3.24. The highest BCUT2D eigenvalue weighted by Crippen LogP contribution is 2.41. The molecule has 0 saturated heterocycles. The molecule has 0 saturated carbocycles. The van der Waals surface area contributed by atoms with Crippen molar-refractivity contribution in [3.05, 3.63) is 71.5 Å². The van der Waals surface area contributed by atoms with Crippen molar-refractivity contribution in [2.45, 2.75) is 11.7 Å². The molecule has 4 rings (SSSR count). The van der Waals surface area contributed by atoms with E-state index < -0.39 is 34.8 Å². The number of halogens is 4. The summed E-state index contributed by atoms with van der Waals surface area (Å²) in [5.74, 6) is -2.00. The van der Waals surface area contributed by atoms with Crippen molar-refractivity contribution in [2.75, 3.05) is 7.05 Å². The van der Waals surface area contributed by atoms with E-state index in [1.807, 2.05) is 0 Å². The van der Waals surface area contributed by atoms with Gasteiger partial charge in [-0.25, -0.2) is 14.4 Å². The van der Waals surface area contributed by atoms with E-state index in [2.05, 4.69) is 15.1 Å². The highest BCUT2D eigenvalue weighted by Gasteiger charge is 2.53. The molecule has 0 bridgehead atoms. The first-order chi connectivity index (χ1) is 14.1. The Labute approximate surface area is 166 Å². The summed E-state index contributed by atoms with van der Waals surface area (Å²) in [7, 11) is 1.29. The van der Waals surface area contributed by atoms with Gasteiger partial charge in [0.05, 0.1) is 5.69 Å². The zero-order chi connectivity index (χ0) is 21.7. The molecule has 2 N–H and O–H groups in total. The van der Waals surface area contributed by atoms with Gasteiger partial charge in [-0.05, 0) is 30.3 Å². The van der Waals surface area contributed by atoms with Crippen LogP contribution < -0.4 is 5.73 Å². The fraction of sp³-hybridized carbons (Fsp3) is 0.158. The second-order valence-corrected chi connectivity index (χ2v) is 6.53. The molecule has 0 aliphatic carbocycles. The topological polar surface area (TPSA) is 97.6 Å². The van der Waals surface area contributed by atoms with Crippen LogP contribution in [0.5, 0.6) is 0 Å². The molecule has 2 aromatic heterocycles. The lowest BCUT2D eigenvalue weighted by atomic mass is 9.84. The molecule has 1 amide bonds. The third kappa shape index (κ3) is 2.90. The quantitative estimate of drug-likeness (QED) is 0.659. The molecule has 0 radical (unpaired) electrons. The normalized spacial score (nSPS) is 19.3. The maximum Gasteiger partial charge on any atom is 0.433 e. The van der Waals surface area contributed by atoms with Crippen LogP contribution in [0.15, 0.2) is 58.2 Å². The molecule has 0 spiro atoms. The Morgan fingerprint density at radius 1 is 1.17 bits per heavy atom. The van der Waals surface area contributed by atoms with Crippen molar-refractivity contribution in [1.82, 2.24) is 15.0 Å². The molecular weight excluding hydrogens is 406 g/mol. The van der Waals surface area contributed by atoms with Crippen molar-refractivity contribution >= 4 is 11.9 Å². The molecule has 11 heteroatoms. The van der Waals surface area contributed by atoms with E-state index in [0.717, 1.165) is 23.1 Å². The molecule has 1 aliphatic heterocycles.